The molecule has 1 amide bonds. The number of amides is 1. The minimum Gasteiger partial charge on any atom is -0.492 e. The van der Waals surface area contributed by atoms with Gasteiger partial charge in [-0.3, -0.25) is 4.79 Å². The summed E-state index contributed by atoms with van der Waals surface area (Å²) in [6.45, 7) is 2.49. The van der Waals surface area contributed by atoms with Crippen molar-refractivity contribution in [3.05, 3.63) is 54.7 Å². The Bertz CT molecular complexity index is 857. The van der Waals surface area contributed by atoms with Gasteiger partial charge < -0.3 is 14.6 Å². The molecule has 0 aliphatic rings. The molecule has 0 fully saturated rings. The summed E-state index contributed by atoms with van der Waals surface area (Å²) in [5.74, 6) is 1.01. The number of nitrogens with zero attached hydrogens (tertiary/aromatic N) is 1. The summed E-state index contributed by atoms with van der Waals surface area (Å²) < 4.78 is 7.62. The van der Waals surface area contributed by atoms with Crippen molar-refractivity contribution < 1.29 is 9.53 Å². The van der Waals surface area contributed by atoms with Crippen molar-refractivity contribution in [2.24, 2.45) is 7.05 Å². The third-order valence-electron chi connectivity index (χ3n) is 3.68. The Kier molecular flexibility index (Phi) is 5.11. The van der Waals surface area contributed by atoms with E-state index in [1.165, 1.54) is 10.9 Å². The molecule has 0 bridgehead atoms. The molecule has 3 aromatic rings. The van der Waals surface area contributed by atoms with Gasteiger partial charge >= 0.3 is 0 Å². The van der Waals surface area contributed by atoms with Gasteiger partial charge in [-0.25, -0.2) is 0 Å². The summed E-state index contributed by atoms with van der Waals surface area (Å²) in [5, 5.41) is 4.10. The fourth-order valence-corrected chi connectivity index (χ4v) is 3.52. The lowest BCUT2D eigenvalue weighted by atomic mass is 10.2. The van der Waals surface area contributed by atoms with Crippen LogP contribution in [0.1, 0.15) is 6.92 Å². The monoisotopic (exact) mass is 340 g/mol. The quantitative estimate of drug-likeness (QED) is 0.680. The number of aromatic nitrogens is 1. The fourth-order valence-electron chi connectivity index (χ4n) is 2.60. The molecule has 5 heteroatoms. The average molecular weight is 340 g/mol. The fraction of sp³-hybridized carbons (Fsp3) is 0.211. The zero-order valence-electron chi connectivity index (χ0n) is 13.8. The molecule has 24 heavy (non-hydrogen) atoms. The van der Waals surface area contributed by atoms with Gasteiger partial charge in [0.15, 0.2) is 0 Å². The lowest BCUT2D eigenvalue weighted by Gasteiger charge is -2.10. The van der Waals surface area contributed by atoms with Crippen LogP contribution >= 0.6 is 11.8 Å². The molecule has 2 aromatic carbocycles. The highest BCUT2D eigenvalue weighted by molar-refractivity contribution is 8.00. The molecular weight excluding hydrogens is 320 g/mol. The van der Waals surface area contributed by atoms with Crippen LogP contribution in [0.3, 0.4) is 0 Å². The Morgan fingerprint density at radius 2 is 1.92 bits per heavy atom. The predicted molar refractivity (Wildman–Crippen MR) is 99.9 cm³/mol. The molecule has 0 saturated carbocycles. The van der Waals surface area contributed by atoms with Gasteiger partial charge in [0.1, 0.15) is 5.75 Å². The molecule has 1 heterocycles. The van der Waals surface area contributed by atoms with Crippen molar-refractivity contribution in [2.45, 2.75) is 11.8 Å². The van der Waals surface area contributed by atoms with Crippen LogP contribution in [0.5, 0.6) is 5.75 Å². The molecule has 3 rings (SSSR count). The average Bonchev–Trinajstić information content (AvgIpc) is 2.92. The summed E-state index contributed by atoms with van der Waals surface area (Å²) in [7, 11) is 2.02. The van der Waals surface area contributed by atoms with E-state index in [9.17, 15) is 4.79 Å². The van der Waals surface area contributed by atoms with E-state index in [4.69, 9.17) is 4.74 Å². The van der Waals surface area contributed by atoms with Crippen LogP contribution in [0.15, 0.2) is 59.6 Å². The van der Waals surface area contributed by atoms with Crippen LogP contribution in [-0.4, -0.2) is 22.8 Å². The molecular formula is C19H20N2O2S. The molecule has 0 radical (unpaired) electrons. The van der Waals surface area contributed by atoms with Gasteiger partial charge in [0.25, 0.3) is 0 Å². The number of anilines is 1. The second kappa shape index (κ2) is 7.45. The van der Waals surface area contributed by atoms with Crippen molar-refractivity contribution in [3.8, 4) is 5.75 Å². The molecule has 1 aromatic heterocycles. The Morgan fingerprint density at radius 3 is 2.75 bits per heavy atom. The molecule has 124 valence electrons. The Balaban J connectivity index is 1.67. The topological polar surface area (TPSA) is 43.3 Å². The highest BCUT2D eigenvalue weighted by atomic mass is 32.2. The van der Waals surface area contributed by atoms with E-state index in [1.54, 1.807) is 11.8 Å². The van der Waals surface area contributed by atoms with Gasteiger partial charge in [0.05, 0.1) is 18.0 Å². The third kappa shape index (κ3) is 3.57. The number of ether oxygens (including phenoxy) is 1. The highest BCUT2D eigenvalue weighted by Crippen LogP contribution is 2.30. The maximum Gasteiger partial charge on any atom is 0.234 e. The van der Waals surface area contributed by atoms with Gasteiger partial charge in [0.2, 0.25) is 5.91 Å². The van der Waals surface area contributed by atoms with E-state index in [0.717, 1.165) is 4.90 Å². The van der Waals surface area contributed by atoms with Gasteiger partial charge in [-0.05, 0) is 25.1 Å². The molecule has 0 aliphatic carbocycles. The summed E-state index contributed by atoms with van der Waals surface area (Å²) in [6.07, 6.45) is 2.07. The van der Waals surface area contributed by atoms with Crippen molar-refractivity contribution in [1.82, 2.24) is 4.57 Å². The van der Waals surface area contributed by atoms with Crippen LogP contribution in [0.4, 0.5) is 5.69 Å². The zero-order chi connectivity index (χ0) is 16.9. The number of carbonyl (C=O) groups excluding carboxylic acids is 1. The van der Waals surface area contributed by atoms with E-state index in [1.807, 2.05) is 50.4 Å². The van der Waals surface area contributed by atoms with Crippen LogP contribution in [0.25, 0.3) is 10.9 Å². The minimum absolute atomic E-state index is 0.0416. The number of carbonyl (C=O) groups is 1. The summed E-state index contributed by atoms with van der Waals surface area (Å²) in [4.78, 5) is 13.4. The number of fused-ring (bicyclic) bond motifs is 1. The summed E-state index contributed by atoms with van der Waals surface area (Å²) in [6, 6.07) is 15.7. The van der Waals surface area contributed by atoms with E-state index >= 15 is 0 Å². The Hall–Kier alpha value is -2.40. The number of para-hydroxylation sites is 3. The first-order valence-corrected chi connectivity index (χ1v) is 8.86. The molecule has 4 nitrogen and oxygen atoms in total. The molecule has 1 N–H and O–H groups in total. The van der Waals surface area contributed by atoms with Crippen LogP contribution in [0, 0.1) is 0 Å². The van der Waals surface area contributed by atoms with Gasteiger partial charge in [-0.15, -0.1) is 11.8 Å². The number of hydrogen-bond donors (Lipinski definition) is 1. The van der Waals surface area contributed by atoms with E-state index < -0.39 is 0 Å². The van der Waals surface area contributed by atoms with Gasteiger partial charge in [0, 0.05) is 29.0 Å². The number of hydrogen-bond acceptors (Lipinski definition) is 3. The van der Waals surface area contributed by atoms with Crippen LogP contribution in [-0.2, 0) is 11.8 Å². The smallest absolute Gasteiger partial charge is 0.234 e. The molecule has 0 unspecified atom stereocenters. The Labute approximate surface area is 145 Å². The van der Waals surface area contributed by atoms with Crippen LogP contribution < -0.4 is 10.1 Å². The van der Waals surface area contributed by atoms with Gasteiger partial charge in [-0.2, -0.15) is 0 Å². The third-order valence-corrected chi connectivity index (χ3v) is 4.72. The first kappa shape index (κ1) is 16.5. The Morgan fingerprint density at radius 1 is 1.17 bits per heavy atom. The number of rotatable bonds is 6. The largest absolute Gasteiger partial charge is 0.492 e. The normalized spacial score (nSPS) is 10.8. The lowest BCUT2D eigenvalue weighted by molar-refractivity contribution is -0.113. The zero-order valence-corrected chi connectivity index (χ0v) is 14.6. The molecule has 0 atom stereocenters. The maximum absolute atomic E-state index is 12.3. The first-order valence-electron chi connectivity index (χ1n) is 7.87. The second-order valence-electron chi connectivity index (χ2n) is 5.39. The highest BCUT2D eigenvalue weighted by Gasteiger charge is 2.11. The molecule has 0 saturated heterocycles. The van der Waals surface area contributed by atoms with E-state index in [0.29, 0.717) is 23.8 Å². The summed E-state index contributed by atoms with van der Waals surface area (Å²) in [5.41, 5.74) is 1.88. The van der Waals surface area contributed by atoms with Crippen molar-refractivity contribution in [3.63, 3.8) is 0 Å². The maximum atomic E-state index is 12.3. The van der Waals surface area contributed by atoms with Gasteiger partial charge in [-0.1, -0.05) is 30.3 Å². The SMILES string of the molecule is CCOc1ccccc1NC(=O)CSc1cn(C)c2ccccc12. The van der Waals surface area contributed by atoms with E-state index in [2.05, 4.69) is 28.2 Å². The summed E-state index contributed by atoms with van der Waals surface area (Å²) >= 11 is 1.54. The lowest BCUT2D eigenvalue weighted by Crippen LogP contribution is -2.14. The standard InChI is InChI=1S/C19H20N2O2S/c1-3-23-17-11-7-5-9-15(17)20-19(22)13-24-18-12-21(2)16-10-6-4-8-14(16)18/h4-12H,3,13H2,1-2H3,(H,20,22). The van der Waals surface area contributed by atoms with Crippen molar-refractivity contribution >= 4 is 34.3 Å². The number of benzene rings is 2. The minimum atomic E-state index is -0.0416. The van der Waals surface area contributed by atoms with E-state index in [-0.39, 0.29) is 5.91 Å². The van der Waals surface area contributed by atoms with Crippen LogP contribution in [0.2, 0.25) is 0 Å². The second-order valence-corrected chi connectivity index (χ2v) is 6.40. The number of nitrogens with one attached hydrogen (secondary N) is 1. The molecule has 0 spiro atoms. The number of thioether (sulfide) groups is 1. The van der Waals surface area contributed by atoms with Crippen molar-refractivity contribution in [2.75, 3.05) is 17.7 Å². The first-order chi connectivity index (χ1) is 11.7. The number of aryl methyl sites for hydroxylation is 1. The predicted octanol–water partition coefficient (Wildman–Crippen LogP) is 4.31. The molecule has 0 aliphatic heterocycles. The van der Waals surface area contributed by atoms with Crippen molar-refractivity contribution in [1.29, 1.82) is 0 Å².